The number of rotatable bonds is 3. The van der Waals surface area contributed by atoms with Crippen LogP contribution in [-0.2, 0) is 4.79 Å². The Morgan fingerprint density at radius 2 is 1.93 bits per heavy atom. The van der Waals surface area contributed by atoms with E-state index in [1.807, 2.05) is 0 Å². The zero-order valence-corrected chi connectivity index (χ0v) is 9.85. The van der Waals surface area contributed by atoms with Crippen LogP contribution in [0.1, 0.15) is 19.8 Å². The largest absolute Gasteiger partial charge is 0.352 e. The summed E-state index contributed by atoms with van der Waals surface area (Å²) in [6.07, 6.45) is 2.52. The minimum Gasteiger partial charge on any atom is -0.352 e. The summed E-state index contributed by atoms with van der Waals surface area (Å²) in [7, 11) is 0. The molecule has 2 aliphatic carbocycles. The van der Waals surface area contributed by atoms with Crippen LogP contribution in [0.5, 0.6) is 0 Å². The normalized spacial score (nSPS) is 38.9. The molecule has 0 spiro atoms. The number of carbonyl (C=O) groups excluding carboxylic acids is 1. The zero-order chi connectivity index (χ0) is 9.71. The van der Waals surface area contributed by atoms with E-state index in [-0.39, 0.29) is 18.3 Å². The van der Waals surface area contributed by atoms with Gasteiger partial charge in [-0.05, 0) is 30.6 Å². The molecule has 0 aromatic carbocycles. The van der Waals surface area contributed by atoms with Crippen molar-refractivity contribution in [2.45, 2.75) is 25.8 Å². The summed E-state index contributed by atoms with van der Waals surface area (Å²) in [4.78, 5) is 11.8. The number of carbonyl (C=O) groups is 1. The van der Waals surface area contributed by atoms with Crippen molar-refractivity contribution in [3.05, 3.63) is 0 Å². The molecule has 2 N–H and O–H groups in total. The minimum absolute atomic E-state index is 0. The van der Waals surface area contributed by atoms with E-state index in [4.69, 9.17) is 0 Å². The SMILES string of the molecule is CC(C(=O)NC1[C@H]2CNC[C@@H]12)C1CC1.Cl. The molecule has 4 heteroatoms. The summed E-state index contributed by atoms with van der Waals surface area (Å²) in [5.74, 6) is 2.72. The van der Waals surface area contributed by atoms with E-state index in [2.05, 4.69) is 17.6 Å². The number of nitrogens with one attached hydrogen (secondary N) is 2. The standard InChI is InChI=1S/C11H18N2O.ClH/c1-6(7-2-3-7)11(14)13-10-8-4-12-5-9(8)10;/h6-10,12H,2-5H2,1H3,(H,13,14);1H/t6?,8-,9+,10?;. The molecule has 2 saturated carbocycles. The van der Waals surface area contributed by atoms with Crippen LogP contribution < -0.4 is 10.6 Å². The van der Waals surface area contributed by atoms with Crippen molar-refractivity contribution in [1.29, 1.82) is 0 Å². The lowest BCUT2D eigenvalue weighted by atomic mass is 10.1. The highest BCUT2D eigenvalue weighted by Gasteiger charge is 2.54. The van der Waals surface area contributed by atoms with Crippen LogP contribution >= 0.6 is 12.4 Å². The van der Waals surface area contributed by atoms with E-state index in [0.717, 1.165) is 24.9 Å². The highest BCUT2D eigenvalue weighted by atomic mass is 35.5. The molecule has 2 unspecified atom stereocenters. The van der Waals surface area contributed by atoms with E-state index >= 15 is 0 Å². The van der Waals surface area contributed by atoms with Gasteiger partial charge in [-0.3, -0.25) is 4.79 Å². The Labute approximate surface area is 96.8 Å². The Morgan fingerprint density at radius 3 is 2.47 bits per heavy atom. The van der Waals surface area contributed by atoms with Crippen molar-refractivity contribution in [3.8, 4) is 0 Å². The number of piperidine rings is 1. The molecule has 0 aromatic heterocycles. The van der Waals surface area contributed by atoms with Crippen molar-refractivity contribution < 1.29 is 4.79 Å². The third kappa shape index (κ3) is 2.00. The van der Waals surface area contributed by atoms with Crippen LogP contribution in [0.15, 0.2) is 0 Å². The molecule has 15 heavy (non-hydrogen) atoms. The van der Waals surface area contributed by atoms with Gasteiger partial charge in [0.2, 0.25) is 5.91 Å². The van der Waals surface area contributed by atoms with Crippen molar-refractivity contribution in [1.82, 2.24) is 10.6 Å². The average molecular weight is 231 g/mol. The number of hydrogen-bond donors (Lipinski definition) is 2. The highest BCUT2D eigenvalue weighted by molar-refractivity contribution is 5.85. The molecule has 0 aromatic rings. The molecule has 1 saturated heterocycles. The summed E-state index contributed by atoms with van der Waals surface area (Å²) in [6.45, 7) is 4.28. The Hall–Kier alpha value is -0.280. The number of halogens is 1. The first-order valence-electron chi connectivity index (χ1n) is 5.78. The van der Waals surface area contributed by atoms with Crippen molar-refractivity contribution in [2.75, 3.05) is 13.1 Å². The van der Waals surface area contributed by atoms with Crippen LogP contribution in [0.2, 0.25) is 0 Å². The van der Waals surface area contributed by atoms with Crippen LogP contribution in [0.4, 0.5) is 0 Å². The molecule has 1 aliphatic heterocycles. The van der Waals surface area contributed by atoms with Crippen molar-refractivity contribution >= 4 is 18.3 Å². The first-order chi connectivity index (χ1) is 6.77. The van der Waals surface area contributed by atoms with E-state index in [1.165, 1.54) is 12.8 Å². The second-order valence-corrected chi connectivity index (χ2v) is 5.15. The lowest BCUT2D eigenvalue weighted by Gasteiger charge is -2.12. The fourth-order valence-electron chi connectivity index (χ4n) is 2.74. The lowest BCUT2D eigenvalue weighted by molar-refractivity contribution is -0.125. The molecule has 3 aliphatic rings. The van der Waals surface area contributed by atoms with Crippen LogP contribution in [-0.4, -0.2) is 25.0 Å². The van der Waals surface area contributed by atoms with Crippen LogP contribution in [0.3, 0.4) is 0 Å². The molecular formula is C11H19ClN2O. The van der Waals surface area contributed by atoms with Gasteiger partial charge in [0.25, 0.3) is 0 Å². The van der Waals surface area contributed by atoms with E-state index < -0.39 is 0 Å². The number of fused-ring (bicyclic) bond motifs is 1. The molecule has 0 bridgehead atoms. The molecule has 3 nitrogen and oxygen atoms in total. The first-order valence-corrected chi connectivity index (χ1v) is 5.78. The molecule has 3 rings (SSSR count). The van der Waals surface area contributed by atoms with Gasteiger partial charge >= 0.3 is 0 Å². The summed E-state index contributed by atoms with van der Waals surface area (Å²) < 4.78 is 0. The van der Waals surface area contributed by atoms with Crippen LogP contribution in [0.25, 0.3) is 0 Å². The van der Waals surface area contributed by atoms with E-state index in [1.54, 1.807) is 0 Å². The van der Waals surface area contributed by atoms with Gasteiger partial charge in [0.05, 0.1) is 0 Å². The quantitative estimate of drug-likeness (QED) is 0.753. The zero-order valence-electron chi connectivity index (χ0n) is 9.03. The fourth-order valence-corrected chi connectivity index (χ4v) is 2.74. The maximum absolute atomic E-state index is 11.8. The molecule has 4 atom stereocenters. The summed E-state index contributed by atoms with van der Waals surface area (Å²) in [5, 5.41) is 6.54. The van der Waals surface area contributed by atoms with Gasteiger partial charge in [-0.25, -0.2) is 0 Å². The summed E-state index contributed by atoms with van der Waals surface area (Å²) >= 11 is 0. The average Bonchev–Trinajstić information content (AvgIpc) is 3.07. The first kappa shape index (κ1) is 11.2. The predicted octanol–water partition coefficient (Wildman–Crippen LogP) is 0.788. The maximum atomic E-state index is 11.8. The van der Waals surface area contributed by atoms with Gasteiger partial charge < -0.3 is 10.6 Å². The predicted molar refractivity (Wildman–Crippen MR) is 60.9 cm³/mol. The minimum atomic E-state index is 0. The van der Waals surface area contributed by atoms with Gasteiger partial charge in [0.15, 0.2) is 0 Å². The second-order valence-electron chi connectivity index (χ2n) is 5.15. The summed E-state index contributed by atoms with van der Waals surface area (Å²) in [6, 6.07) is 0.505. The molecule has 3 fully saturated rings. The van der Waals surface area contributed by atoms with Crippen molar-refractivity contribution in [2.24, 2.45) is 23.7 Å². The highest BCUT2D eigenvalue weighted by Crippen LogP contribution is 2.42. The Morgan fingerprint density at radius 1 is 1.33 bits per heavy atom. The monoisotopic (exact) mass is 230 g/mol. The third-order valence-electron chi connectivity index (χ3n) is 4.14. The fraction of sp³-hybridized carbons (Fsp3) is 0.909. The molecule has 0 radical (unpaired) electrons. The maximum Gasteiger partial charge on any atom is 0.223 e. The van der Waals surface area contributed by atoms with Crippen molar-refractivity contribution in [3.63, 3.8) is 0 Å². The number of amides is 1. The summed E-state index contributed by atoms with van der Waals surface area (Å²) in [5.41, 5.74) is 0. The van der Waals surface area contributed by atoms with E-state index in [0.29, 0.717) is 17.9 Å². The lowest BCUT2D eigenvalue weighted by Crippen LogP contribution is -2.36. The van der Waals surface area contributed by atoms with Gasteiger partial charge in [-0.2, -0.15) is 0 Å². The topological polar surface area (TPSA) is 41.1 Å². The molecule has 1 amide bonds. The third-order valence-corrected chi connectivity index (χ3v) is 4.14. The van der Waals surface area contributed by atoms with Gasteiger partial charge in [0, 0.05) is 25.0 Å². The van der Waals surface area contributed by atoms with Gasteiger partial charge in [0.1, 0.15) is 0 Å². The van der Waals surface area contributed by atoms with Gasteiger partial charge in [-0.15, -0.1) is 12.4 Å². The molecule has 1 heterocycles. The van der Waals surface area contributed by atoms with E-state index in [9.17, 15) is 4.79 Å². The number of hydrogen-bond acceptors (Lipinski definition) is 2. The molecule has 86 valence electrons. The Bertz CT molecular complexity index is 257. The second kappa shape index (κ2) is 3.95. The van der Waals surface area contributed by atoms with Gasteiger partial charge in [-0.1, -0.05) is 6.92 Å². The van der Waals surface area contributed by atoms with Crippen LogP contribution in [0, 0.1) is 23.7 Å². The smallest absolute Gasteiger partial charge is 0.223 e. The molecular weight excluding hydrogens is 212 g/mol. The Kier molecular flexibility index (Phi) is 2.95. The Balaban J connectivity index is 0.000000853.